The molecule has 0 aliphatic carbocycles. The van der Waals surface area contributed by atoms with E-state index in [2.05, 4.69) is 0 Å². The lowest BCUT2D eigenvalue weighted by atomic mass is 10.1. The molecule has 0 spiro atoms. The molecule has 1 N–H and O–H groups in total. The van der Waals surface area contributed by atoms with Crippen LogP contribution in [-0.4, -0.2) is 11.1 Å². The van der Waals surface area contributed by atoms with Crippen molar-refractivity contribution in [2.75, 3.05) is 0 Å². The molecule has 0 saturated heterocycles. The van der Waals surface area contributed by atoms with Gasteiger partial charge in [-0.1, -0.05) is 19.4 Å². The number of carboxylic acid groups (broad SMARTS) is 1. The van der Waals surface area contributed by atoms with Crippen LogP contribution >= 0.6 is 0 Å². The maximum absolute atomic E-state index is 10.3. The quantitative estimate of drug-likeness (QED) is 0.588. The van der Waals surface area contributed by atoms with Gasteiger partial charge in [-0.15, -0.1) is 0 Å². The average molecular weight is 128 g/mol. The van der Waals surface area contributed by atoms with Gasteiger partial charge in [0, 0.05) is 5.57 Å². The van der Waals surface area contributed by atoms with Crippen molar-refractivity contribution >= 4 is 5.97 Å². The summed E-state index contributed by atoms with van der Waals surface area (Å²) in [5, 5.41) is 8.44. The summed E-state index contributed by atoms with van der Waals surface area (Å²) >= 11 is 0. The number of hydrogen-bond donors (Lipinski definition) is 1. The Hall–Kier alpha value is -0.790. The van der Waals surface area contributed by atoms with Gasteiger partial charge in [0.25, 0.3) is 0 Å². The zero-order valence-corrected chi connectivity index (χ0v) is 5.85. The summed E-state index contributed by atoms with van der Waals surface area (Å²) in [6.07, 6.45) is 3.21. The topological polar surface area (TPSA) is 37.3 Å². The Morgan fingerprint density at radius 2 is 2.22 bits per heavy atom. The minimum Gasteiger partial charge on any atom is -0.478 e. The minimum absolute atomic E-state index is 0.512. The zero-order valence-electron chi connectivity index (χ0n) is 5.85. The van der Waals surface area contributed by atoms with E-state index in [1.165, 1.54) is 0 Å². The Kier molecular flexibility index (Phi) is 3.76. The van der Waals surface area contributed by atoms with E-state index in [1.54, 1.807) is 13.0 Å². The standard InChI is InChI=1S/C7H12O2/c1-3-5-6(4-2)7(8)9/h4H,3,5H2,1-2H3,(H,8,9)/b6-4+. The van der Waals surface area contributed by atoms with E-state index < -0.39 is 5.97 Å². The van der Waals surface area contributed by atoms with Crippen molar-refractivity contribution in [3.8, 4) is 0 Å². The molecule has 2 nitrogen and oxygen atoms in total. The van der Waals surface area contributed by atoms with Crippen LogP contribution in [0.5, 0.6) is 0 Å². The summed E-state index contributed by atoms with van der Waals surface area (Å²) in [6.45, 7) is 3.71. The SMILES string of the molecule is C/C=C(\CCC)C(=O)O. The molecule has 52 valence electrons. The largest absolute Gasteiger partial charge is 0.478 e. The van der Waals surface area contributed by atoms with Gasteiger partial charge in [-0.05, 0) is 13.3 Å². The van der Waals surface area contributed by atoms with Crippen molar-refractivity contribution in [1.29, 1.82) is 0 Å². The molecule has 0 aliphatic heterocycles. The molecule has 2 heteroatoms. The predicted molar refractivity (Wildman–Crippen MR) is 36.3 cm³/mol. The molecule has 0 radical (unpaired) electrons. The first-order valence-electron chi connectivity index (χ1n) is 3.10. The van der Waals surface area contributed by atoms with E-state index in [9.17, 15) is 4.79 Å². The Bertz CT molecular complexity index is 125. The second-order valence-corrected chi connectivity index (χ2v) is 1.87. The summed E-state index contributed by atoms with van der Waals surface area (Å²) < 4.78 is 0. The molecular formula is C7H12O2. The minimum atomic E-state index is -0.792. The highest BCUT2D eigenvalue weighted by molar-refractivity contribution is 5.86. The highest BCUT2D eigenvalue weighted by Crippen LogP contribution is 2.03. The van der Waals surface area contributed by atoms with Crippen molar-refractivity contribution in [3.63, 3.8) is 0 Å². The lowest BCUT2D eigenvalue weighted by Crippen LogP contribution is -1.98. The average Bonchev–Trinajstić information content (AvgIpc) is 1.82. The van der Waals surface area contributed by atoms with Gasteiger partial charge in [-0.3, -0.25) is 0 Å². The summed E-state index contributed by atoms with van der Waals surface area (Å²) in [5.41, 5.74) is 0.512. The highest BCUT2D eigenvalue weighted by Gasteiger charge is 2.01. The smallest absolute Gasteiger partial charge is 0.331 e. The summed E-state index contributed by atoms with van der Waals surface area (Å²) in [5.74, 6) is -0.792. The molecule has 0 amide bonds. The number of carbonyl (C=O) groups is 1. The third kappa shape index (κ3) is 2.90. The maximum Gasteiger partial charge on any atom is 0.331 e. The highest BCUT2D eigenvalue weighted by atomic mass is 16.4. The first-order chi connectivity index (χ1) is 4.22. The van der Waals surface area contributed by atoms with E-state index in [0.29, 0.717) is 12.0 Å². The van der Waals surface area contributed by atoms with Crippen LogP contribution in [0.3, 0.4) is 0 Å². The number of aliphatic carboxylic acids is 1. The molecule has 0 heterocycles. The normalized spacial score (nSPS) is 11.6. The van der Waals surface area contributed by atoms with Gasteiger partial charge in [0.15, 0.2) is 0 Å². The molecule has 0 bridgehead atoms. The van der Waals surface area contributed by atoms with Crippen molar-refractivity contribution in [1.82, 2.24) is 0 Å². The molecule has 0 rings (SSSR count). The zero-order chi connectivity index (χ0) is 7.28. The lowest BCUT2D eigenvalue weighted by molar-refractivity contribution is -0.132. The Morgan fingerprint density at radius 1 is 1.67 bits per heavy atom. The molecule has 9 heavy (non-hydrogen) atoms. The van der Waals surface area contributed by atoms with Gasteiger partial charge < -0.3 is 5.11 Å². The monoisotopic (exact) mass is 128 g/mol. The fourth-order valence-corrected chi connectivity index (χ4v) is 0.644. The van der Waals surface area contributed by atoms with Crippen LogP contribution in [-0.2, 0) is 4.79 Å². The van der Waals surface area contributed by atoms with E-state index in [1.807, 2.05) is 6.92 Å². The lowest BCUT2D eigenvalue weighted by Gasteiger charge is -1.95. The summed E-state index contributed by atoms with van der Waals surface area (Å²) in [7, 11) is 0. The summed E-state index contributed by atoms with van der Waals surface area (Å²) in [6, 6.07) is 0. The molecule has 0 fully saturated rings. The number of carboxylic acids is 1. The van der Waals surface area contributed by atoms with E-state index in [4.69, 9.17) is 5.11 Å². The maximum atomic E-state index is 10.3. The first-order valence-corrected chi connectivity index (χ1v) is 3.10. The van der Waals surface area contributed by atoms with Crippen LogP contribution in [0.2, 0.25) is 0 Å². The second kappa shape index (κ2) is 4.13. The number of allylic oxidation sites excluding steroid dienone is 1. The van der Waals surface area contributed by atoms with Crippen molar-refractivity contribution in [2.45, 2.75) is 26.7 Å². The number of rotatable bonds is 3. The second-order valence-electron chi connectivity index (χ2n) is 1.87. The molecule has 0 aromatic rings. The molecule has 0 aliphatic rings. The molecule has 0 aromatic carbocycles. The van der Waals surface area contributed by atoms with Crippen LogP contribution in [0.1, 0.15) is 26.7 Å². The van der Waals surface area contributed by atoms with Crippen LogP contribution in [0.15, 0.2) is 11.6 Å². The van der Waals surface area contributed by atoms with E-state index in [0.717, 1.165) is 6.42 Å². The van der Waals surface area contributed by atoms with Crippen molar-refractivity contribution in [2.24, 2.45) is 0 Å². The molecule has 0 atom stereocenters. The molecule has 0 unspecified atom stereocenters. The Morgan fingerprint density at radius 3 is 2.33 bits per heavy atom. The van der Waals surface area contributed by atoms with Gasteiger partial charge in [0.1, 0.15) is 0 Å². The van der Waals surface area contributed by atoms with E-state index >= 15 is 0 Å². The van der Waals surface area contributed by atoms with Crippen molar-refractivity contribution in [3.05, 3.63) is 11.6 Å². The van der Waals surface area contributed by atoms with Gasteiger partial charge >= 0.3 is 5.97 Å². The molecular weight excluding hydrogens is 116 g/mol. The van der Waals surface area contributed by atoms with Gasteiger partial charge in [0.05, 0.1) is 0 Å². The first kappa shape index (κ1) is 8.21. The predicted octanol–water partition coefficient (Wildman–Crippen LogP) is 1.82. The summed E-state index contributed by atoms with van der Waals surface area (Å²) in [4.78, 5) is 10.3. The van der Waals surface area contributed by atoms with Crippen LogP contribution in [0.25, 0.3) is 0 Å². The number of hydrogen-bond acceptors (Lipinski definition) is 1. The third-order valence-electron chi connectivity index (χ3n) is 1.14. The third-order valence-corrected chi connectivity index (χ3v) is 1.14. The molecule has 0 aromatic heterocycles. The fourth-order valence-electron chi connectivity index (χ4n) is 0.644. The fraction of sp³-hybridized carbons (Fsp3) is 0.571. The van der Waals surface area contributed by atoms with E-state index in [-0.39, 0.29) is 0 Å². The van der Waals surface area contributed by atoms with Gasteiger partial charge in [-0.25, -0.2) is 4.79 Å². The van der Waals surface area contributed by atoms with Gasteiger partial charge in [0.2, 0.25) is 0 Å². The van der Waals surface area contributed by atoms with Crippen LogP contribution in [0.4, 0.5) is 0 Å². The van der Waals surface area contributed by atoms with Crippen LogP contribution < -0.4 is 0 Å². The molecule has 0 saturated carbocycles. The van der Waals surface area contributed by atoms with Crippen LogP contribution in [0, 0.1) is 0 Å². The Labute approximate surface area is 55.2 Å². The Balaban J connectivity index is 3.85. The van der Waals surface area contributed by atoms with Gasteiger partial charge in [-0.2, -0.15) is 0 Å². The van der Waals surface area contributed by atoms with Crippen molar-refractivity contribution < 1.29 is 9.90 Å².